The number of hydrogen-bond acceptors (Lipinski definition) is 4. The van der Waals surface area contributed by atoms with Crippen LogP contribution in [0.15, 0.2) is 45.8 Å². The van der Waals surface area contributed by atoms with Gasteiger partial charge in [-0.25, -0.2) is 0 Å². The summed E-state index contributed by atoms with van der Waals surface area (Å²) in [6.07, 6.45) is 5.45. The topological polar surface area (TPSA) is 48.7 Å². The summed E-state index contributed by atoms with van der Waals surface area (Å²) in [5, 5.41) is 0. The molecule has 0 spiro atoms. The van der Waals surface area contributed by atoms with Crippen molar-refractivity contribution in [3.05, 3.63) is 52.7 Å². The molecule has 18 heavy (non-hydrogen) atoms. The van der Waals surface area contributed by atoms with E-state index in [1.165, 1.54) is 13.2 Å². The number of carbonyl (C=O) groups excluding carboxylic acids is 1. The number of ketones is 1. The van der Waals surface area contributed by atoms with Crippen molar-refractivity contribution < 1.29 is 18.7 Å². The van der Waals surface area contributed by atoms with Crippen molar-refractivity contribution in [3.8, 4) is 0 Å². The van der Waals surface area contributed by atoms with Crippen LogP contribution in [-0.4, -0.2) is 20.0 Å². The molecule has 1 aromatic heterocycles. The van der Waals surface area contributed by atoms with Crippen LogP contribution in [0, 0.1) is 0 Å². The fourth-order valence-electron chi connectivity index (χ4n) is 2.42. The number of ether oxygens (including phenoxy) is 2. The molecule has 0 amide bonds. The summed E-state index contributed by atoms with van der Waals surface area (Å²) in [5.41, 5.74) is 2.65. The predicted molar refractivity (Wildman–Crippen MR) is 64.5 cm³/mol. The van der Waals surface area contributed by atoms with Gasteiger partial charge in [-0.3, -0.25) is 4.79 Å². The highest BCUT2D eigenvalue weighted by Crippen LogP contribution is 2.39. The van der Waals surface area contributed by atoms with Gasteiger partial charge in [0, 0.05) is 17.6 Å². The minimum Gasteiger partial charge on any atom is -0.495 e. The molecule has 0 radical (unpaired) electrons. The molecule has 2 aliphatic rings. The first-order chi connectivity index (χ1) is 8.76. The molecular formula is C14H12O4. The molecule has 92 valence electrons. The molecule has 1 heterocycles. The molecule has 4 heteroatoms. The van der Waals surface area contributed by atoms with Crippen LogP contribution in [0.3, 0.4) is 0 Å². The number of allylic oxidation sites excluding steroid dienone is 4. The van der Waals surface area contributed by atoms with Crippen molar-refractivity contribution in [3.63, 3.8) is 0 Å². The third kappa shape index (κ3) is 1.35. The van der Waals surface area contributed by atoms with E-state index in [-0.39, 0.29) is 5.78 Å². The van der Waals surface area contributed by atoms with Gasteiger partial charge in [0.1, 0.15) is 11.5 Å². The van der Waals surface area contributed by atoms with Crippen LogP contribution in [0.4, 0.5) is 0 Å². The zero-order valence-electron chi connectivity index (χ0n) is 10.1. The van der Waals surface area contributed by atoms with Gasteiger partial charge in [-0.2, -0.15) is 0 Å². The molecule has 0 aromatic carbocycles. The van der Waals surface area contributed by atoms with E-state index in [1.54, 1.807) is 19.4 Å². The summed E-state index contributed by atoms with van der Waals surface area (Å²) >= 11 is 0. The van der Waals surface area contributed by atoms with Crippen molar-refractivity contribution in [2.75, 3.05) is 14.2 Å². The quantitative estimate of drug-likeness (QED) is 0.800. The summed E-state index contributed by atoms with van der Waals surface area (Å²) in [6, 6.07) is 1.87. The van der Waals surface area contributed by atoms with E-state index in [1.807, 2.05) is 6.07 Å². The van der Waals surface area contributed by atoms with Crippen LogP contribution in [0.25, 0.3) is 5.76 Å². The van der Waals surface area contributed by atoms with E-state index in [0.717, 1.165) is 28.2 Å². The second kappa shape index (κ2) is 3.91. The highest BCUT2D eigenvalue weighted by Gasteiger charge is 2.31. The Kier molecular flexibility index (Phi) is 2.37. The highest BCUT2D eigenvalue weighted by atomic mass is 16.5. The molecule has 0 saturated carbocycles. The number of methoxy groups -OCH3 is 2. The average Bonchev–Trinajstić information content (AvgIpc) is 2.83. The van der Waals surface area contributed by atoms with E-state index in [9.17, 15) is 4.79 Å². The monoisotopic (exact) mass is 244 g/mol. The normalized spacial score (nSPS) is 17.8. The molecule has 0 N–H and O–H groups in total. The number of carbonyl (C=O) groups is 1. The van der Waals surface area contributed by atoms with Gasteiger partial charge in [0.25, 0.3) is 0 Å². The van der Waals surface area contributed by atoms with Crippen molar-refractivity contribution in [1.82, 2.24) is 0 Å². The van der Waals surface area contributed by atoms with Gasteiger partial charge in [0.15, 0.2) is 5.76 Å². The van der Waals surface area contributed by atoms with Gasteiger partial charge < -0.3 is 13.9 Å². The molecule has 0 saturated heterocycles. The van der Waals surface area contributed by atoms with E-state index in [0.29, 0.717) is 12.2 Å². The fraction of sp³-hybridized carbons (Fsp3) is 0.214. The Labute approximate surface area is 104 Å². The van der Waals surface area contributed by atoms with E-state index in [2.05, 4.69) is 0 Å². The van der Waals surface area contributed by atoms with Gasteiger partial charge in [-0.05, 0) is 18.2 Å². The Hall–Kier alpha value is -2.23. The lowest BCUT2D eigenvalue weighted by atomic mass is 9.86. The van der Waals surface area contributed by atoms with Crippen LogP contribution < -0.4 is 0 Å². The van der Waals surface area contributed by atoms with Crippen LogP contribution in [0.2, 0.25) is 0 Å². The fourth-order valence-corrected chi connectivity index (χ4v) is 2.42. The maximum Gasteiger partial charge on any atom is 0.220 e. The van der Waals surface area contributed by atoms with Crippen LogP contribution >= 0.6 is 0 Å². The predicted octanol–water partition coefficient (Wildman–Crippen LogP) is 2.23. The zero-order chi connectivity index (χ0) is 12.7. The Morgan fingerprint density at radius 3 is 2.67 bits per heavy atom. The lowest BCUT2D eigenvalue weighted by Crippen LogP contribution is -2.16. The Balaban J connectivity index is 2.28. The summed E-state index contributed by atoms with van der Waals surface area (Å²) < 4.78 is 16.1. The molecule has 0 bridgehead atoms. The van der Waals surface area contributed by atoms with E-state index in [4.69, 9.17) is 13.9 Å². The lowest BCUT2D eigenvalue weighted by Gasteiger charge is -2.23. The largest absolute Gasteiger partial charge is 0.495 e. The number of fused-ring (bicyclic) bond motifs is 2. The zero-order valence-corrected chi connectivity index (χ0v) is 10.1. The number of furan rings is 1. The van der Waals surface area contributed by atoms with Crippen LogP contribution in [0.5, 0.6) is 0 Å². The van der Waals surface area contributed by atoms with Gasteiger partial charge in [-0.1, -0.05) is 0 Å². The van der Waals surface area contributed by atoms with Gasteiger partial charge in [-0.15, -0.1) is 0 Å². The molecule has 0 aliphatic heterocycles. The summed E-state index contributed by atoms with van der Waals surface area (Å²) in [6.45, 7) is 0. The SMILES string of the molecule is COC1=C2Cc3occc3C(OC)=C2C=CC1=O. The molecule has 0 unspecified atom stereocenters. The minimum absolute atomic E-state index is 0.123. The van der Waals surface area contributed by atoms with Crippen molar-refractivity contribution in [1.29, 1.82) is 0 Å². The Bertz CT molecular complexity index is 613. The van der Waals surface area contributed by atoms with Gasteiger partial charge >= 0.3 is 0 Å². The molecular weight excluding hydrogens is 232 g/mol. The first-order valence-electron chi connectivity index (χ1n) is 5.61. The maximum absolute atomic E-state index is 11.8. The first kappa shape index (κ1) is 10.9. The van der Waals surface area contributed by atoms with E-state index >= 15 is 0 Å². The smallest absolute Gasteiger partial charge is 0.220 e. The van der Waals surface area contributed by atoms with Crippen LogP contribution in [0.1, 0.15) is 11.3 Å². The molecule has 2 aliphatic carbocycles. The third-order valence-corrected chi connectivity index (χ3v) is 3.20. The standard InChI is InChI=1S/C14H12O4/c1-16-13-8-3-4-11(15)14(17-2)10(8)7-12-9(13)5-6-18-12/h3-6H,7H2,1-2H3. The average molecular weight is 244 g/mol. The second-order valence-corrected chi connectivity index (χ2v) is 4.09. The van der Waals surface area contributed by atoms with Crippen molar-refractivity contribution >= 4 is 11.5 Å². The second-order valence-electron chi connectivity index (χ2n) is 4.09. The molecule has 0 fully saturated rings. The minimum atomic E-state index is -0.123. The molecule has 1 aromatic rings. The summed E-state index contributed by atoms with van der Waals surface area (Å²) in [4.78, 5) is 11.8. The maximum atomic E-state index is 11.8. The molecule has 4 nitrogen and oxygen atoms in total. The number of rotatable bonds is 2. The lowest BCUT2D eigenvalue weighted by molar-refractivity contribution is -0.114. The Morgan fingerprint density at radius 2 is 1.94 bits per heavy atom. The Morgan fingerprint density at radius 1 is 1.17 bits per heavy atom. The van der Waals surface area contributed by atoms with Gasteiger partial charge in [0.05, 0.1) is 26.0 Å². The summed E-state index contributed by atoms with van der Waals surface area (Å²) in [7, 11) is 3.11. The highest BCUT2D eigenvalue weighted by molar-refractivity contribution is 6.06. The molecule has 0 atom stereocenters. The summed E-state index contributed by atoms with van der Waals surface area (Å²) in [5.74, 6) is 1.76. The van der Waals surface area contributed by atoms with Crippen molar-refractivity contribution in [2.45, 2.75) is 6.42 Å². The third-order valence-electron chi connectivity index (χ3n) is 3.20. The van der Waals surface area contributed by atoms with Crippen molar-refractivity contribution in [2.24, 2.45) is 0 Å². The van der Waals surface area contributed by atoms with E-state index < -0.39 is 0 Å². The van der Waals surface area contributed by atoms with Gasteiger partial charge in [0.2, 0.25) is 5.78 Å². The first-order valence-corrected chi connectivity index (χ1v) is 5.61. The molecule has 3 rings (SSSR count). The number of hydrogen-bond donors (Lipinski definition) is 0. The van der Waals surface area contributed by atoms with Crippen LogP contribution in [-0.2, 0) is 20.7 Å².